The van der Waals surface area contributed by atoms with E-state index in [0.717, 1.165) is 47.5 Å². The smallest absolute Gasteiger partial charge is 0.252 e. The fourth-order valence-corrected chi connectivity index (χ4v) is 8.77. The van der Waals surface area contributed by atoms with Crippen LogP contribution >= 0.6 is 34.5 Å². The molecule has 0 aliphatic heterocycles. The van der Waals surface area contributed by atoms with Gasteiger partial charge in [0, 0.05) is 13.1 Å². The third-order valence-corrected chi connectivity index (χ3v) is 11.4. The minimum atomic E-state index is -3.86. The van der Waals surface area contributed by atoms with Crippen LogP contribution in [0.3, 0.4) is 0 Å². The van der Waals surface area contributed by atoms with Crippen molar-refractivity contribution < 1.29 is 17.9 Å². The van der Waals surface area contributed by atoms with Gasteiger partial charge in [0.1, 0.15) is 14.4 Å². The molecule has 0 saturated heterocycles. The van der Waals surface area contributed by atoms with Crippen molar-refractivity contribution in [2.24, 2.45) is 11.3 Å². The number of allylic oxidation sites excluding steroid dienone is 1. The molecule has 186 valence electrons. The second kappa shape index (κ2) is 9.28. The summed E-state index contributed by atoms with van der Waals surface area (Å²) in [6, 6.07) is 7.60. The van der Waals surface area contributed by atoms with Crippen molar-refractivity contribution in [3.05, 3.63) is 68.5 Å². The first-order valence-corrected chi connectivity index (χ1v) is 14.2. The van der Waals surface area contributed by atoms with Crippen molar-refractivity contribution in [1.29, 1.82) is 0 Å². The first kappa shape index (κ1) is 24.9. The van der Waals surface area contributed by atoms with Crippen molar-refractivity contribution >= 4 is 50.6 Å². The third kappa shape index (κ3) is 4.36. The van der Waals surface area contributed by atoms with E-state index in [9.17, 15) is 17.9 Å². The van der Waals surface area contributed by atoms with Gasteiger partial charge >= 0.3 is 0 Å². The van der Waals surface area contributed by atoms with Gasteiger partial charge in [0.2, 0.25) is 0 Å². The monoisotopic (exact) mass is 555 g/mol. The molecule has 2 aliphatic carbocycles. The molecule has 0 spiro atoms. The maximum atomic E-state index is 13.4. The van der Waals surface area contributed by atoms with E-state index in [-0.39, 0.29) is 50.4 Å². The van der Waals surface area contributed by atoms with Crippen molar-refractivity contribution in [1.82, 2.24) is 14.1 Å². The van der Waals surface area contributed by atoms with Crippen LogP contribution in [-0.2, 0) is 16.4 Å². The summed E-state index contributed by atoms with van der Waals surface area (Å²) in [4.78, 5) is 0. The summed E-state index contributed by atoms with van der Waals surface area (Å²) in [6.07, 6.45) is 6.39. The molecule has 1 aromatic carbocycles. The van der Waals surface area contributed by atoms with Crippen molar-refractivity contribution in [3.63, 3.8) is 0 Å². The number of nitrogens with zero attached hydrogens (tertiary/aromatic N) is 3. The number of sulfonamides is 1. The first-order chi connectivity index (χ1) is 16.6. The summed E-state index contributed by atoms with van der Waals surface area (Å²) < 4.78 is 43.6. The highest BCUT2D eigenvalue weighted by atomic mass is 35.5. The zero-order valence-corrected chi connectivity index (χ0v) is 22.1. The number of aromatic nitrogens is 2. The fourth-order valence-electron chi connectivity index (χ4n) is 5.26. The van der Waals surface area contributed by atoms with Gasteiger partial charge in [-0.3, -0.25) is 0 Å². The molecule has 2 aromatic heterocycles. The SMILES string of the molecule is C[C@]12Cc3cnn(-c4ccc(F)cc4)c3C=C1CC[C@@H]2CN(CCO)S(=O)(=O)c1cc(Cl)c(Cl)s1. The van der Waals surface area contributed by atoms with E-state index in [1.807, 2.05) is 10.9 Å². The molecule has 11 heteroatoms. The number of thiophene rings is 1. The lowest BCUT2D eigenvalue weighted by Crippen LogP contribution is -2.41. The zero-order valence-electron chi connectivity index (χ0n) is 18.9. The average molecular weight is 557 g/mol. The Morgan fingerprint density at radius 1 is 1.31 bits per heavy atom. The molecule has 2 atom stereocenters. The van der Waals surface area contributed by atoms with Crippen LogP contribution in [0.15, 0.2) is 46.3 Å². The molecule has 35 heavy (non-hydrogen) atoms. The van der Waals surface area contributed by atoms with Crippen molar-refractivity contribution in [2.45, 2.75) is 30.4 Å². The Morgan fingerprint density at radius 3 is 2.71 bits per heavy atom. The molecule has 2 heterocycles. The molecular formula is C24H24Cl2FN3O3S2. The largest absolute Gasteiger partial charge is 0.395 e. The van der Waals surface area contributed by atoms with E-state index in [2.05, 4.69) is 18.1 Å². The highest BCUT2D eigenvalue weighted by Crippen LogP contribution is 2.53. The molecule has 0 amide bonds. The van der Waals surface area contributed by atoms with Gasteiger partial charge in [-0.05, 0) is 72.6 Å². The molecule has 0 bridgehead atoms. The van der Waals surface area contributed by atoms with Crippen LogP contribution in [0, 0.1) is 17.2 Å². The number of hydrogen-bond acceptors (Lipinski definition) is 5. The normalized spacial score (nSPS) is 21.8. The van der Waals surface area contributed by atoms with Gasteiger partial charge in [-0.15, -0.1) is 11.3 Å². The quantitative estimate of drug-likeness (QED) is 0.422. The lowest BCUT2D eigenvalue weighted by molar-refractivity contribution is 0.194. The molecule has 1 N–H and O–H groups in total. The second-order valence-electron chi connectivity index (χ2n) is 9.22. The standard InChI is InChI=1S/C24H24Cl2FN3O3S2/c1-24-12-15-13-28-30(19-6-4-18(27)5-7-19)21(15)10-16(24)2-3-17(24)14-29(8-9-31)35(32,33)22-11-20(25)23(26)34-22/h4-7,10-11,13,17,31H,2-3,8-9,12,14H2,1H3/t17-,24+/m1/s1. The van der Waals surface area contributed by atoms with Gasteiger partial charge in [0.25, 0.3) is 10.0 Å². The zero-order chi connectivity index (χ0) is 25.0. The maximum absolute atomic E-state index is 13.4. The summed E-state index contributed by atoms with van der Waals surface area (Å²) in [7, 11) is -3.86. The molecule has 0 unspecified atom stereocenters. The topological polar surface area (TPSA) is 75.4 Å². The highest BCUT2D eigenvalue weighted by molar-refractivity contribution is 7.91. The second-order valence-corrected chi connectivity index (χ2v) is 13.4. The first-order valence-electron chi connectivity index (χ1n) is 11.2. The van der Waals surface area contributed by atoms with Gasteiger partial charge in [0.05, 0.1) is 29.2 Å². The minimum Gasteiger partial charge on any atom is -0.395 e. The Bertz CT molecular complexity index is 1380. The summed E-state index contributed by atoms with van der Waals surface area (Å²) >= 11 is 13.0. The molecule has 6 nitrogen and oxygen atoms in total. The number of benzene rings is 1. The number of rotatable bonds is 7. The summed E-state index contributed by atoms with van der Waals surface area (Å²) in [5.74, 6) is -0.239. The molecule has 1 saturated carbocycles. The van der Waals surface area contributed by atoms with Crippen molar-refractivity contribution in [2.75, 3.05) is 19.7 Å². The average Bonchev–Trinajstić information content (AvgIpc) is 3.47. The number of halogens is 3. The summed E-state index contributed by atoms with van der Waals surface area (Å²) in [5, 5.41) is 14.4. The van der Waals surface area contributed by atoms with Crippen LogP contribution in [0.4, 0.5) is 4.39 Å². The molecule has 2 aliphatic rings. The highest BCUT2D eigenvalue weighted by Gasteiger charge is 2.47. The Kier molecular flexibility index (Phi) is 6.61. The van der Waals surface area contributed by atoms with Gasteiger partial charge in [-0.25, -0.2) is 17.5 Å². The minimum absolute atomic E-state index is 0.00511. The Morgan fingerprint density at radius 2 is 2.06 bits per heavy atom. The van der Waals surface area contributed by atoms with Crippen LogP contribution < -0.4 is 0 Å². The molecule has 5 rings (SSSR count). The van der Waals surface area contributed by atoms with Gasteiger partial charge in [-0.1, -0.05) is 35.7 Å². The van der Waals surface area contributed by atoms with Crippen LogP contribution in [-0.4, -0.2) is 47.3 Å². The van der Waals surface area contributed by atoms with E-state index < -0.39 is 10.0 Å². The summed E-state index contributed by atoms with van der Waals surface area (Å²) in [5.41, 5.74) is 3.85. The van der Waals surface area contributed by atoms with Crippen LogP contribution in [0.25, 0.3) is 11.8 Å². The number of fused-ring (bicyclic) bond motifs is 2. The third-order valence-electron chi connectivity index (χ3n) is 7.21. The van der Waals surface area contributed by atoms with E-state index >= 15 is 0 Å². The fraction of sp³-hybridized carbons (Fsp3) is 0.375. The predicted molar refractivity (Wildman–Crippen MR) is 136 cm³/mol. The number of hydrogen-bond donors (Lipinski definition) is 1. The maximum Gasteiger partial charge on any atom is 0.252 e. The Labute approximate surface area is 217 Å². The van der Waals surface area contributed by atoms with Gasteiger partial charge in [0.15, 0.2) is 0 Å². The van der Waals surface area contributed by atoms with Crippen LogP contribution in [0.1, 0.15) is 31.0 Å². The lowest BCUT2D eigenvalue weighted by atomic mass is 9.70. The van der Waals surface area contributed by atoms with E-state index in [0.29, 0.717) is 0 Å². The van der Waals surface area contributed by atoms with Gasteiger partial charge < -0.3 is 5.11 Å². The van der Waals surface area contributed by atoms with Crippen LogP contribution in [0.2, 0.25) is 9.36 Å². The van der Waals surface area contributed by atoms with Gasteiger partial charge in [-0.2, -0.15) is 9.40 Å². The van der Waals surface area contributed by atoms with E-state index in [1.165, 1.54) is 28.1 Å². The molecule has 0 radical (unpaired) electrons. The molecule has 3 aromatic rings. The molecule has 1 fully saturated rings. The van der Waals surface area contributed by atoms with Crippen molar-refractivity contribution in [3.8, 4) is 5.69 Å². The molecular weight excluding hydrogens is 532 g/mol. The lowest BCUT2D eigenvalue weighted by Gasteiger charge is -2.38. The Hall–Kier alpha value is -1.75. The number of aliphatic hydroxyl groups is 1. The Balaban J connectivity index is 1.43. The van der Waals surface area contributed by atoms with Crippen LogP contribution in [0.5, 0.6) is 0 Å². The summed E-state index contributed by atoms with van der Waals surface area (Å²) in [6.45, 7) is 2.17. The van der Waals surface area contributed by atoms with E-state index in [4.69, 9.17) is 23.2 Å². The van der Waals surface area contributed by atoms with E-state index in [1.54, 1.807) is 12.1 Å². The number of aliphatic hydroxyl groups excluding tert-OH is 1. The predicted octanol–water partition coefficient (Wildman–Crippen LogP) is 5.42.